The number of hydrogen-bond donors (Lipinski definition) is 0. The molecule has 0 saturated carbocycles. The molecule has 78 valence electrons. The first kappa shape index (κ1) is 9.98. The van der Waals surface area contributed by atoms with Crippen molar-refractivity contribution in [3.05, 3.63) is 41.4 Å². The summed E-state index contributed by atoms with van der Waals surface area (Å²) in [5, 5.41) is 4.39. The van der Waals surface area contributed by atoms with Gasteiger partial charge in [-0.15, -0.1) is 0 Å². The third-order valence-corrected chi connectivity index (χ3v) is 2.32. The number of methoxy groups -OCH3 is 1. The molecule has 0 radical (unpaired) electrons. The van der Waals surface area contributed by atoms with Crippen molar-refractivity contribution in [3.63, 3.8) is 0 Å². The SMILES string of the molecule is COc1cnn(-c2ccc(F)cc2)c1Cl. The van der Waals surface area contributed by atoms with Gasteiger partial charge in [-0.3, -0.25) is 0 Å². The number of nitrogens with zero attached hydrogens (tertiary/aromatic N) is 2. The molecule has 2 rings (SSSR count). The second-order valence-corrected chi connectivity index (χ2v) is 3.25. The molecule has 0 saturated heterocycles. The first-order chi connectivity index (χ1) is 7.22. The van der Waals surface area contributed by atoms with Crippen molar-refractivity contribution in [2.24, 2.45) is 0 Å². The van der Waals surface area contributed by atoms with E-state index in [2.05, 4.69) is 5.10 Å². The van der Waals surface area contributed by atoms with Crippen molar-refractivity contribution in [2.45, 2.75) is 0 Å². The summed E-state index contributed by atoms with van der Waals surface area (Å²) in [7, 11) is 1.51. The van der Waals surface area contributed by atoms with Crippen LogP contribution in [-0.2, 0) is 0 Å². The second-order valence-electron chi connectivity index (χ2n) is 2.89. The van der Waals surface area contributed by atoms with E-state index in [1.165, 1.54) is 30.1 Å². The van der Waals surface area contributed by atoms with E-state index >= 15 is 0 Å². The van der Waals surface area contributed by atoms with E-state index < -0.39 is 0 Å². The van der Waals surface area contributed by atoms with Gasteiger partial charge in [0.05, 0.1) is 19.0 Å². The van der Waals surface area contributed by atoms with Gasteiger partial charge in [0.2, 0.25) is 0 Å². The Bertz CT molecular complexity index is 467. The Labute approximate surface area is 91.0 Å². The van der Waals surface area contributed by atoms with Crippen LogP contribution in [0.1, 0.15) is 0 Å². The first-order valence-electron chi connectivity index (χ1n) is 4.26. The third kappa shape index (κ3) is 1.80. The van der Waals surface area contributed by atoms with Crippen LogP contribution in [-0.4, -0.2) is 16.9 Å². The minimum Gasteiger partial charge on any atom is -0.492 e. The maximum Gasteiger partial charge on any atom is 0.176 e. The van der Waals surface area contributed by atoms with Crippen LogP contribution in [0.4, 0.5) is 4.39 Å². The van der Waals surface area contributed by atoms with Gasteiger partial charge < -0.3 is 4.74 Å². The zero-order chi connectivity index (χ0) is 10.8. The Hall–Kier alpha value is -1.55. The smallest absolute Gasteiger partial charge is 0.176 e. The molecule has 0 bridgehead atoms. The minimum absolute atomic E-state index is 0.297. The van der Waals surface area contributed by atoms with E-state index in [-0.39, 0.29) is 5.82 Å². The fourth-order valence-electron chi connectivity index (χ4n) is 1.22. The molecule has 1 aromatic carbocycles. The molecule has 0 aliphatic heterocycles. The lowest BCUT2D eigenvalue weighted by atomic mass is 10.3. The van der Waals surface area contributed by atoms with Gasteiger partial charge in [-0.25, -0.2) is 9.07 Å². The number of ether oxygens (including phenoxy) is 1. The molecular weight excluding hydrogens is 219 g/mol. The van der Waals surface area contributed by atoms with Crippen molar-refractivity contribution in [3.8, 4) is 11.4 Å². The van der Waals surface area contributed by atoms with Gasteiger partial charge in [0.1, 0.15) is 5.82 Å². The van der Waals surface area contributed by atoms with Crippen LogP contribution in [0.25, 0.3) is 5.69 Å². The summed E-state index contributed by atoms with van der Waals surface area (Å²) >= 11 is 5.98. The molecule has 5 heteroatoms. The lowest BCUT2D eigenvalue weighted by Crippen LogP contribution is -1.96. The highest BCUT2D eigenvalue weighted by molar-refractivity contribution is 6.31. The number of hydrogen-bond acceptors (Lipinski definition) is 2. The summed E-state index contributed by atoms with van der Waals surface area (Å²) in [6.07, 6.45) is 1.51. The van der Waals surface area contributed by atoms with Crippen molar-refractivity contribution in [1.29, 1.82) is 0 Å². The summed E-state index contributed by atoms with van der Waals surface area (Å²) in [6, 6.07) is 5.88. The molecular formula is C10H8ClFN2O. The van der Waals surface area contributed by atoms with Crippen LogP contribution in [0, 0.1) is 5.82 Å². The highest BCUT2D eigenvalue weighted by Gasteiger charge is 2.09. The quantitative estimate of drug-likeness (QED) is 0.787. The number of aromatic nitrogens is 2. The standard InChI is InChI=1S/C10H8ClFN2O/c1-15-9-6-13-14(10(9)11)8-4-2-7(12)3-5-8/h2-6H,1H3. The Balaban J connectivity index is 2.45. The molecule has 0 aliphatic rings. The normalized spacial score (nSPS) is 10.3. The number of rotatable bonds is 2. The molecule has 1 aromatic heterocycles. The highest BCUT2D eigenvalue weighted by atomic mass is 35.5. The molecule has 0 fully saturated rings. The molecule has 0 aliphatic carbocycles. The Morgan fingerprint density at radius 3 is 2.53 bits per heavy atom. The van der Waals surface area contributed by atoms with Gasteiger partial charge in [0.25, 0.3) is 0 Å². The second kappa shape index (κ2) is 3.90. The zero-order valence-corrected chi connectivity index (χ0v) is 8.70. The molecule has 0 N–H and O–H groups in total. The van der Waals surface area contributed by atoms with Crippen LogP contribution in [0.5, 0.6) is 5.75 Å². The van der Waals surface area contributed by atoms with Crippen LogP contribution in [0.15, 0.2) is 30.5 Å². The molecule has 0 unspecified atom stereocenters. The molecule has 2 aromatic rings. The van der Waals surface area contributed by atoms with Crippen LogP contribution in [0.3, 0.4) is 0 Å². The molecule has 0 spiro atoms. The molecule has 3 nitrogen and oxygen atoms in total. The largest absolute Gasteiger partial charge is 0.492 e. The summed E-state index contributed by atoms with van der Waals surface area (Å²) in [5.74, 6) is 0.190. The lowest BCUT2D eigenvalue weighted by molar-refractivity contribution is 0.415. The monoisotopic (exact) mass is 226 g/mol. The average molecular weight is 227 g/mol. The van der Waals surface area contributed by atoms with Crippen LogP contribution >= 0.6 is 11.6 Å². The summed E-state index contributed by atoms with van der Waals surface area (Å²) < 4.78 is 19.1. The first-order valence-corrected chi connectivity index (χ1v) is 4.63. The molecule has 15 heavy (non-hydrogen) atoms. The Kier molecular flexibility index (Phi) is 2.60. The third-order valence-electron chi connectivity index (χ3n) is 1.97. The van der Waals surface area contributed by atoms with Gasteiger partial charge in [0.15, 0.2) is 10.9 Å². The minimum atomic E-state index is -0.297. The Morgan fingerprint density at radius 2 is 2.00 bits per heavy atom. The van der Waals surface area contributed by atoms with Crippen molar-refractivity contribution < 1.29 is 9.13 Å². The summed E-state index contributed by atoms with van der Waals surface area (Å²) in [6.45, 7) is 0. The number of halogens is 2. The van der Waals surface area contributed by atoms with Gasteiger partial charge in [-0.1, -0.05) is 11.6 Å². The van der Waals surface area contributed by atoms with Gasteiger partial charge in [-0.2, -0.15) is 5.10 Å². The maximum absolute atomic E-state index is 12.7. The maximum atomic E-state index is 12.7. The molecule has 1 heterocycles. The number of benzene rings is 1. The predicted octanol–water partition coefficient (Wildman–Crippen LogP) is 2.67. The fourth-order valence-corrected chi connectivity index (χ4v) is 1.48. The molecule has 0 atom stereocenters. The average Bonchev–Trinajstić information content (AvgIpc) is 2.61. The van der Waals surface area contributed by atoms with Gasteiger partial charge in [0, 0.05) is 0 Å². The van der Waals surface area contributed by atoms with E-state index in [1.54, 1.807) is 12.1 Å². The summed E-state index contributed by atoms with van der Waals surface area (Å²) in [4.78, 5) is 0. The van der Waals surface area contributed by atoms with Crippen LogP contribution < -0.4 is 4.74 Å². The van der Waals surface area contributed by atoms with Gasteiger partial charge in [-0.05, 0) is 24.3 Å². The zero-order valence-electron chi connectivity index (χ0n) is 7.95. The Morgan fingerprint density at radius 1 is 1.33 bits per heavy atom. The highest BCUT2D eigenvalue weighted by Crippen LogP contribution is 2.26. The van der Waals surface area contributed by atoms with E-state index in [4.69, 9.17) is 16.3 Å². The van der Waals surface area contributed by atoms with Crippen molar-refractivity contribution in [1.82, 2.24) is 9.78 Å². The summed E-state index contributed by atoms with van der Waals surface area (Å²) in [5.41, 5.74) is 0.685. The molecule has 0 amide bonds. The topological polar surface area (TPSA) is 27.1 Å². The predicted molar refractivity (Wildman–Crippen MR) is 55.1 cm³/mol. The fraction of sp³-hybridized carbons (Fsp3) is 0.100. The van der Waals surface area contributed by atoms with E-state index in [1.807, 2.05) is 0 Å². The van der Waals surface area contributed by atoms with E-state index in [9.17, 15) is 4.39 Å². The van der Waals surface area contributed by atoms with E-state index in [0.717, 1.165) is 0 Å². The lowest BCUT2D eigenvalue weighted by Gasteiger charge is -2.02. The van der Waals surface area contributed by atoms with E-state index in [0.29, 0.717) is 16.6 Å². The van der Waals surface area contributed by atoms with Crippen molar-refractivity contribution >= 4 is 11.6 Å². The van der Waals surface area contributed by atoms with Gasteiger partial charge >= 0.3 is 0 Å². The van der Waals surface area contributed by atoms with Crippen molar-refractivity contribution in [2.75, 3.05) is 7.11 Å². The van der Waals surface area contributed by atoms with Crippen LogP contribution in [0.2, 0.25) is 5.15 Å².